The Morgan fingerprint density at radius 1 is 1.04 bits per heavy atom. The Kier molecular flexibility index (Phi) is 4.57. The summed E-state index contributed by atoms with van der Waals surface area (Å²) < 4.78 is 5.31. The molecule has 2 amide bonds. The normalized spacial score (nSPS) is 17.2. The van der Waals surface area contributed by atoms with Crippen molar-refractivity contribution >= 4 is 23.1 Å². The standard InChI is InChI=1S/C20H23N3O2/c24-20(22-17-10-13-25-14-11-17)21-16-5-7-18(8-6-16)23-12-9-15-3-1-2-4-19(15)23/h1-8,17H,9-14H2,(H2,21,22,24). The minimum Gasteiger partial charge on any atom is -0.381 e. The molecule has 1 saturated heterocycles. The van der Waals surface area contributed by atoms with E-state index in [2.05, 4.69) is 51.9 Å². The Labute approximate surface area is 148 Å². The largest absolute Gasteiger partial charge is 0.381 e. The Morgan fingerprint density at radius 2 is 1.80 bits per heavy atom. The molecule has 2 aromatic rings. The van der Waals surface area contributed by atoms with Gasteiger partial charge >= 0.3 is 6.03 Å². The molecule has 5 heteroatoms. The Bertz CT molecular complexity index is 739. The fraction of sp³-hybridized carbons (Fsp3) is 0.350. The van der Waals surface area contributed by atoms with E-state index in [1.54, 1.807) is 0 Å². The number of carbonyl (C=O) groups excluding carboxylic acids is 1. The number of nitrogens with one attached hydrogen (secondary N) is 2. The Balaban J connectivity index is 1.38. The predicted octanol–water partition coefficient (Wildman–Crippen LogP) is 3.68. The van der Waals surface area contributed by atoms with E-state index < -0.39 is 0 Å². The number of para-hydroxylation sites is 1. The number of amides is 2. The highest BCUT2D eigenvalue weighted by Crippen LogP contribution is 2.34. The van der Waals surface area contributed by atoms with Crippen LogP contribution in [0.5, 0.6) is 0 Å². The molecule has 0 radical (unpaired) electrons. The van der Waals surface area contributed by atoms with Gasteiger partial charge in [-0.05, 0) is 55.2 Å². The number of rotatable bonds is 3. The fourth-order valence-electron chi connectivity index (χ4n) is 3.53. The fourth-order valence-corrected chi connectivity index (χ4v) is 3.53. The third kappa shape index (κ3) is 3.61. The molecule has 2 heterocycles. The van der Waals surface area contributed by atoms with E-state index in [9.17, 15) is 4.79 Å². The van der Waals surface area contributed by atoms with Crippen molar-refractivity contribution in [3.63, 3.8) is 0 Å². The maximum Gasteiger partial charge on any atom is 0.319 e. The van der Waals surface area contributed by atoms with Crippen LogP contribution in [0.15, 0.2) is 48.5 Å². The van der Waals surface area contributed by atoms with Crippen molar-refractivity contribution in [2.75, 3.05) is 30.0 Å². The molecule has 25 heavy (non-hydrogen) atoms. The molecule has 0 bridgehead atoms. The lowest BCUT2D eigenvalue weighted by Gasteiger charge is -2.23. The van der Waals surface area contributed by atoms with Gasteiger partial charge in [-0.25, -0.2) is 4.79 Å². The molecule has 0 unspecified atom stereocenters. The summed E-state index contributed by atoms with van der Waals surface area (Å²) in [6.45, 7) is 2.43. The van der Waals surface area contributed by atoms with Crippen molar-refractivity contribution in [2.45, 2.75) is 25.3 Å². The van der Waals surface area contributed by atoms with Crippen molar-refractivity contribution in [1.29, 1.82) is 0 Å². The molecular formula is C20H23N3O2. The molecule has 5 nitrogen and oxygen atoms in total. The van der Waals surface area contributed by atoms with Crippen LogP contribution >= 0.6 is 0 Å². The van der Waals surface area contributed by atoms with Crippen LogP contribution in [0.3, 0.4) is 0 Å². The number of anilines is 3. The summed E-state index contributed by atoms with van der Waals surface area (Å²) in [6.07, 6.45) is 2.82. The molecule has 2 aromatic carbocycles. The highest BCUT2D eigenvalue weighted by molar-refractivity contribution is 5.89. The first-order valence-electron chi connectivity index (χ1n) is 8.90. The van der Waals surface area contributed by atoms with Crippen LogP contribution in [0.2, 0.25) is 0 Å². The molecule has 130 valence electrons. The molecule has 4 rings (SSSR count). The highest BCUT2D eigenvalue weighted by atomic mass is 16.5. The SMILES string of the molecule is O=C(Nc1ccc(N2CCc3ccccc32)cc1)NC1CCOCC1. The zero-order valence-corrected chi connectivity index (χ0v) is 14.2. The summed E-state index contributed by atoms with van der Waals surface area (Å²) in [5.41, 5.74) is 4.63. The Hall–Kier alpha value is -2.53. The third-order valence-electron chi connectivity index (χ3n) is 4.88. The van der Waals surface area contributed by atoms with Gasteiger partial charge in [0.15, 0.2) is 0 Å². The van der Waals surface area contributed by atoms with Gasteiger partial charge in [-0.15, -0.1) is 0 Å². The third-order valence-corrected chi connectivity index (χ3v) is 4.88. The summed E-state index contributed by atoms with van der Waals surface area (Å²) >= 11 is 0. The van der Waals surface area contributed by atoms with Crippen LogP contribution in [-0.4, -0.2) is 31.8 Å². The summed E-state index contributed by atoms with van der Waals surface area (Å²) in [6, 6.07) is 16.6. The average molecular weight is 337 g/mol. The molecule has 1 fully saturated rings. The number of ether oxygens (including phenoxy) is 1. The quantitative estimate of drug-likeness (QED) is 0.898. The first-order valence-corrected chi connectivity index (χ1v) is 8.90. The molecule has 0 spiro atoms. The number of nitrogens with zero attached hydrogens (tertiary/aromatic N) is 1. The first-order chi connectivity index (χ1) is 12.3. The van der Waals surface area contributed by atoms with Crippen LogP contribution < -0.4 is 15.5 Å². The zero-order valence-electron chi connectivity index (χ0n) is 14.2. The Morgan fingerprint density at radius 3 is 2.60 bits per heavy atom. The minimum absolute atomic E-state index is 0.147. The molecule has 2 aliphatic heterocycles. The second-order valence-corrected chi connectivity index (χ2v) is 6.56. The van der Waals surface area contributed by atoms with E-state index in [0.717, 1.165) is 50.4 Å². The number of benzene rings is 2. The minimum atomic E-state index is -0.147. The van der Waals surface area contributed by atoms with Crippen LogP contribution in [0, 0.1) is 0 Å². The van der Waals surface area contributed by atoms with Gasteiger partial charge in [-0.1, -0.05) is 18.2 Å². The van der Waals surface area contributed by atoms with Gasteiger partial charge in [0.2, 0.25) is 0 Å². The monoisotopic (exact) mass is 337 g/mol. The van der Waals surface area contributed by atoms with E-state index in [0.29, 0.717) is 0 Å². The van der Waals surface area contributed by atoms with E-state index in [4.69, 9.17) is 4.74 Å². The van der Waals surface area contributed by atoms with Crippen molar-refractivity contribution in [1.82, 2.24) is 5.32 Å². The van der Waals surface area contributed by atoms with E-state index >= 15 is 0 Å². The van der Waals surface area contributed by atoms with Crippen LogP contribution in [0.4, 0.5) is 21.9 Å². The van der Waals surface area contributed by atoms with Gasteiger partial charge in [0, 0.05) is 42.9 Å². The smallest absolute Gasteiger partial charge is 0.319 e. The van der Waals surface area contributed by atoms with Crippen molar-refractivity contribution in [3.05, 3.63) is 54.1 Å². The van der Waals surface area contributed by atoms with Crippen LogP contribution in [0.25, 0.3) is 0 Å². The molecule has 0 aromatic heterocycles. The number of hydrogen-bond acceptors (Lipinski definition) is 3. The van der Waals surface area contributed by atoms with Crippen LogP contribution in [-0.2, 0) is 11.2 Å². The highest BCUT2D eigenvalue weighted by Gasteiger charge is 2.20. The maximum atomic E-state index is 12.1. The van der Waals surface area contributed by atoms with Gasteiger partial charge < -0.3 is 20.3 Å². The van der Waals surface area contributed by atoms with E-state index in [-0.39, 0.29) is 12.1 Å². The number of carbonyl (C=O) groups is 1. The number of fused-ring (bicyclic) bond motifs is 1. The topological polar surface area (TPSA) is 53.6 Å². The summed E-state index contributed by atoms with van der Waals surface area (Å²) in [5.74, 6) is 0. The van der Waals surface area contributed by atoms with E-state index in [1.807, 2.05) is 12.1 Å². The lowest BCUT2D eigenvalue weighted by atomic mass is 10.1. The molecule has 2 N–H and O–H groups in total. The lowest BCUT2D eigenvalue weighted by Crippen LogP contribution is -2.41. The molecule has 2 aliphatic rings. The van der Waals surface area contributed by atoms with Crippen molar-refractivity contribution < 1.29 is 9.53 Å². The second kappa shape index (κ2) is 7.15. The summed E-state index contributed by atoms with van der Waals surface area (Å²) in [4.78, 5) is 14.4. The lowest BCUT2D eigenvalue weighted by molar-refractivity contribution is 0.0806. The van der Waals surface area contributed by atoms with Crippen LogP contribution in [0.1, 0.15) is 18.4 Å². The van der Waals surface area contributed by atoms with Gasteiger partial charge in [-0.3, -0.25) is 0 Å². The number of hydrogen-bond donors (Lipinski definition) is 2. The van der Waals surface area contributed by atoms with Gasteiger partial charge in [0.05, 0.1) is 0 Å². The number of urea groups is 1. The zero-order chi connectivity index (χ0) is 17.1. The first kappa shape index (κ1) is 16.0. The van der Waals surface area contributed by atoms with Crippen molar-refractivity contribution in [2.24, 2.45) is 0 Å². The van der Waals surface area contributed by atoms with Crippen molar-refractivity contribution in [3.8, 4) is 0 Å². The van der Waals surface area contributed by atoms with Gasteiger partial charge in [-0.2, -0.15) is 0 Å². The second-order valence-electron chi connectivity index (χ2n) is 6.56. The van der Waals surface area contributed by atoms with Gasteiger partial charge in [0.25, 0.3) is 0 Å². The molecule has 0 aliphatic carbocycles. The van der Waals surface area contributed by atoms with Gasteiger partial charge in [0.1, 0.15) is 0 Å². The average Bonchev–Trinajstić information content (AvgIpc) is 3.07. The summed E-state index contributed by atoms with van der Waals surface area (Å²) in [7, 11) is 0. The maximum absolute atomic E-state index is 12.1. The predicted molar refractivity (Wildman–Crippen MR) is 99.6 cm³/mol. The molecular weight excluding hydrogens is 314 g/mol. The van der Waals surface area contributed by atoms with E-state index in [1.165, 1.54) is 11.3 Å². The molecule has 0 atom stereocenters. The molecule has 0 saturated carbocycles. The summed E-state index contributed by atoms with van der Waals surface area (Å²) in [5, 5.41) is 5.93.